The predicted octanol–water partition coefficient (Wildman–Crippen LogP) is 3.17. The Morgan fingerprint density at radius 1 is 1.42 bits per heavy atom. The Labute approximate surface area is 120 Å². The van der Waals surface area contributed by atoms with Crippen LogP contribution < -0.4 is 11.1 Å². The van der Waals surface area contributed by atoms with Gasteiger partial charge >= 0.3 is 0 Å². The molecular weight excluding hydrogens is 262 g/mol. The molecule has 0 saturated heterocycles. The summed E-state index contributed by atoms with van der Waals surface area (Å²) in [7, 11) is 0. The van der Waals surface area contributed by atoms with Crippen molar-refractivity contribution in [3.8, 4) is 0 Å². The molecule has 0 aromatic carbocycles. The van der Waals surface area contributed by atoms with Crippen LogP contribution in [0.25, 0.3) is 0 Å². The van der Waals surface area contributed by atoms with Crippen molar-refractivity contribution in [2.45, 2.75) is 45.8 Å². The zero-order valence-corrected chi connectivity index (χ0v) is 12.7. The maximum atomic E-state index is 6.03. The van der Waals surface area contributed by atoms with Gasteiger partial charge in [0.05, 0.1) is 17.2 Å². The van der Waals surface area contributed by atoms with Gasteiger partial charge in [-0.05, 0) is 32.4 Å². The molecule has 0 radical (unpaired) electrons. The Kier molecular flexibility index (Phi) is 7.13. The minimum Gasteiger partial charge on any atom is -0.383 e. The van der Waals surface area contributed by atoms with E-state index in [0.717, 1.165) is 24.9 Å². The Hall–Kier alpha value is -0.840. The van der Waals surface area contributed by atoms with Crippen molar-refractivity contribution in [3.63, 3.8) is 0 Å². The second kappa shape index (κ2) is 8.35. The summed E-state index contributed by atoms with van der Waals surface area (Å²) >= 11 is 6.03. The second-order valence-corrected chi connectivity index (χ2v) is 4.90. The van der Waals surface area contributed by atoms with Crippen LogP contribution in [0.2, 0.25) is 5.02 Å². The van der Waals surface area contributed by atoms with E-state index in [9.17, 15) is 0 Å². The lowest BCUT2D eigenvalue weighted by Crippen LogP contribution is -2.35. The van der Waals surface area contributed by atoms with Crippen LogP contribution in [0.1, 0.15) is 45.2 Å². The number of ether oxygens (including phenoxy) is 1. The van der Waals surface area contributed by atoms with E-state index < -0.39 is 0 Å². The van der Waals surface area contributed by atoms with Crippen LogP contribution in [0.5, 0.6) is 0 Å². The molecule has 0 fully saturated rings. The second-order valence-electron chi connectivity index (χ2n) is 4.46. The third-order valence-electron chi connectivity index (χ3n) is 3.02. The predicted molar refractivity (Wildman–Crippen MR) is 80.4 cm³/mol. The van der Waals surface area contributed by atoms with Crippen molar-refractivity contribution in [1.29, 1.82) is 0 Å². The highest BCUT2D eigenvalue weighted by atomic mass is 35.5. The number of aromatic nitrogens is 1. The highest BCUT2D eigenvalue weighted by molar-refractivity contribution is 6.30. The molecule has 1 aromatic heterocycles. The average Bonchev–Trinajstić information content (AvgIpc) is 2.41. The molecule has 1 rings (SSSR count). The van der Waals surface area contributed by atoms with E-state index in [0.29, 0.717) is 17.4 Å². The number of hydrogen-bond acceptors (Lipinski definition) is 4. The molecule has 3 N–H and O–H groups in total. The fourth-order valence-corrected chi connectivity index (χ4v) is 2.29. The van der Waals surface area contributed by atoms with Crippen LogP contribution in [0.3, 0.4) is 0 Å². The quantitative estimate of drug-likeness (QED) is 0.770. The molecule has 1 aromatic rings. The molecule has 19 heavy (non-hydrogen) atoms. The van der Waals surface area contributed by atoms with E-state index in [4.69, 9.17) is 22.1 Å². The fraction of sp³-hybridized carbons (Fsp3) is 0.643. The maximum Gasteiger partial charge on any atom is 0.128 e. The topological polar surface area (TPSA) is 60.2 Å². The fourth-order valence-electron chi connectivity index (χ4n) is 2.12. The van der Waals surface area contributed by atoms with Gasteiger partial charge < -0.3 is 15.8 Å². The monoisotopic (exact) mass is 285 g/mol. The zero-order valence-electron chi connectivity index (χ0n) is 11.9. The van der Waals surface area contributed by atoms with Gasteiger partial charge in [0.15, 0.2) is 0 Å². The van der Waals surface area contributed by atoms with E-state index in [2.05, 4.69) is 24.1 Å². The lowest BCUT2D eigenvalue weighted by Gasteiger charge is -2.28. The van der Waals surface area contributed by atoms with Crippen LogP contribution in [0, 0.1) is 0 Å². The first-order valence-electron chi connectivity index (χ1n) is 6.89. The lowest BCUT2D eigenvalue weighted by molar-refractivity contribution is 0.0315. The number of nitrogens with one attached hydrogen (secondary N) is 1. The molecule has 4 nitrogen and oxygen atoms in total. The average molecular weight is 286 g/mol. The molecule has 0 bridgehead atoms. The van der Waals surface area contributed by atoms with Crippen LogP contribution in [0.15, 0.2) is 12.3 Å². The molecular formula is C14H24ClN3O. The Balaban J connectivity index is 3.03. The number of halogens is 1. The van der Waals surface area contributed by atoms with Crippen molar-refractivity contribution in [3.05, 3.63) is 22.8 Å². The van der Waals surface area contributed by atoms with Crippen molar-refractivity contribution in [2.24, 2.45) is 0 Å². The molecule has 2 atom stereocenters. The van der Waals surface area contributed by atoms with E-state index in [-0.39, 0.29) is 12.1 Å². The van der Waals surface area contributed by atoms with E-state index >= 15 is 0 Å². The number of nitrogen functional groups attached to an aromatic ring is 1. The highest BCUT2D eigenvalue weighted by Crippen LogP contribution is 2.27. The van der Waals surface area contributed by atoms with Crippen molar-refractivity contribution < 1.29 is 4.74 Å². The Bertz CT molecular complexity index is 387. The first-order valence-corrected chi connectivity index (χ1v) is 7.27. The smallest absolute Gasteiger partial charge is 0.128 e. The Morgan fingerprint density at radius 2 is 2.16 bits per heavy atom. The van der Waals surface area contributed by atoms with Gasteiger partial charge in [-0.25, -0.2) is 4.98 Å². The van der Waals surface area contributed by atoms with E-state index in [1.807, 2.05) is 13.0 Å². The first-order chi connectivity index (χ1) is 9.13. The van der Waals surface area contributed by atoms with Crippen molar-refractivity contribution in [1.82, 2.24) is 10.3 Å². The summed E-state index contributed by atoms with van der Waals surface area (Å²) in [4.78, 5) is 4.13. The number of pyridine rings is 1. The molecule has 2 unspecified atom stereocenters. The molecule has 0 aliphatic rings. The number of nitrogens with zero attached hydrogens (tertiary/aromatic N) is 1. The first kappa shape index (κ1) is 16.2. The molecule has 1 heterocycles. The SMILES string of the molecule is CCCNC(c1cc(Cl)cnc1N)C(CC)OCC. The zero-order chi connectivity index (χ0) is 14.3. The summed E-state index contributed by atoms with van der Waals surface area (Å²) in [5.41, 5.74) is 6.90. The normalized spacial score (nSPS) is 14.3. The van der Waals surface area contributed by atoms with Crippen LogP contribution in [-0.2, 0) is 4.74 Å². The molecule has 5 heteroatoms. The van der Waals surface area contributed by atoms with Crippen LogP contribution in [0.4, 0.5) is 5.82 Å². The summed E-state index contributed by atoms with van der Waals surface area (Å²) in [6.07, 6.45) is 3.59. The van der Waals surface area contributed by atoms with Crippen LogP contribution >= 0.6 is 11.6 Å². The number of nitrogens with two attached hydrogens (primary N) is 1. The van der Waals surface area contributed by atoms with Gasteiger partial charge in [-0.3, -0.25) is 0 Å². The highest BCUT2D eigenvalue weighted by Gasteiger charge is 2.24. The number of hydrogen-bond donors (Lipinski definition) is 2. The molecule has 0 saturated carbocycles. The molecule has 0 spiro atoms. The van der Waals surface area contributed by atoms with E-state index in [1.54, 1.807) is 6.20 Å². The maximum absolute atomic E-state index is 6.03. The standard InChI is InChI=1S/C14H24ClN3O/c1-4-7-17-13(12(5-2)19-6-3)11-8-10(15)9-18-14(11)16/h8-9,12-13,17H,4-7H2,1-3H3,(H2,16,18). The molecule has 108 valence electrons. The number of anilines is 1. The van der Waals surface area contributed by atoms with Gasteiger partial charge in [-0.2, -0.15) is 0 Å². The summed E-state index contributed by atoms with van der Waals surface area (Å²) < 4.78 is 5.81. The third kappa shape index (κ3) is 4.64. The molecule has 0 aliphatic heterocycles. The largest absolute Gasteiger partial charge is 0.383 e. The van der Waals surface area contributed by atoms with Crippen LogP contribution in [-0.4, -0.2) is 24.2 Å². The van der Waals surface area contributed by atoms with Gasteiger partial charge in [0.2, 0.25) is 0 Å². The molecule has 0 amide bonds. The van der Waals surface area contributed by atoms with Gasteiger partial charge in [0, 0.05) is 18.4 Å². The van der Waals surface area contributed by atoms with Gasteiger partial charge in [-0.1, -0.05) is 25.4 Å². The minimum atomic E-state index is 0.0242. The Morgan fingerprint density at radius 3 is 2.74 bits per heavy atom. The summed E-state index contributed by atoms with van der Waals surface area (Å²) in [6, 6.07) is 1.90. The minimum absolute atomic E-state index is 0.0242. The summed E-state index contributed by atoms with van der Waals surface area (Å²) in [6.45, 7) is 7.82. The van der Waals surface area contributed by atoms with Gasteiger partial charge in [-0.15, -0.1) is 0 Å². The van der Waals surface area contributed by atoms with Gasteiger partial charge in [0.25, 0.3) is 0 Å². The van der Waals surface area contributed by atoms with Crippen molar-refractivity contribution >= 4 is 17.4 Å². The number of rotatable bonds is 8. The summed E-state index contributed by atoms with van der Waals surface area (Å²) in [5.74, 6) is 0.510. The van der Waals surface area contributed by atoms with Crippen molar-refractivity contribution in [2.75, 3.05) is 18.9 Å². The third-order valence-corrected chi connectivity index (χ3v) is 3.23. The summed E-state index contributed by atoms with van der Waals surface area (Å²) in [5, 5.41) is 4.08. The lowest BCUT2D eigenvalue weighted by atomic mass is 9.99. The van der Waals surface area contributed by atoms with E-state index in [1.165, 1.54) is 0 Å². The van der Waals surface area contributed by atoms with Gasteiger partial charge in [0.1, 0.15) is 5.82 Å². The molecule has 0 aliphatic carbocycles.